The fourth-order valence-corrected chi connectivity index (χ4v) is 15.5. The van der Waals surface area contributed by atoms with Gasteiger partial charge in [0.1, 0.15) is 19.3 Å². The third-order valence-corrected chi connectivity index (χ3v) is 23.2. The fourth-order valence-electron chi connectivity index (χ4n) is 13.9. The minimum atomic E-state index is -4.97. The van der Waals surface area contributed by atoms with Crippen molar-refractivity contribution in [2.75, 3.05) is 39.6 Å². The second kappa shape index (κ2) is 80.3. The molecule has 6 atom stereocenters. The Labute approximate surface area is 664 Å². The van der Waals surface area contributed by atoms with Crippen molar-refractivity contribution in [1.82, 2.24) is 0 Å². The number of phosphoric ester groups is 2. The topological polar surface area (TPSA) is 237 Å². The maximum atomic E-state index is 13.2. The van der Waals surface area contributed by atoms with E-state index < -0.39 is 97.5 Å². The molecule has 0 bridgehead atoms. The van der Waals surface area contributed by atoms with Crippen molar-refractivity contribution in [3.05, 3.63) is 0 Å². The molecule has 3 N–H and O–H groups in total. The summed E-state index contributed by atoms with van der Waals surface area (Å²) in [5, 5.41) is 10.7. The highest BCUT2D eigenvalue weighted by atomic mass is 31.2. The van der Waals surface area contributed by atoms with E-state index in [1.165, 1.54) is 295 Å². The van der Waals surface area contributed by atoms with Crippen LogP contribution in [0.25, 0.3) is 0 Å². The molecule has 0 aromatic rings. The van der Waals surface area contributed by atoms with Gasteiger partial charge in [-0.3, -0.25) is 37.3 Å². The molecular weight excluding hydrogens is 1400 g/mol. The highest BCUT2D eigenvalue weighted by Crippen LogP contribution is 2.45. The van der Waals surface area contributed by atoms with Crippen molar-refractivity contribution in [3.63, 3.8) is 0 Å². The van der Waals surface area contributed by atoms with Crippen LogP contribution in [0.5, 0.6) is 0 Å². The number of hydrogen-bond acceptors (Lipinski definition) is 15. The summed E-state index contributed by atoms with van der Waals surface area (Å²) in [4.78, 5) is 73.3. The predicted octanol–water partition coefficient (Wildman–Crippen LogP) is 27.4. The molecule has 642 valence electrons. The zero-order chi connectivity index (χ0) is 79.2. The summed E-state index contributed by atoms with van der Waals surface area (Å²) in [6.45, 7) is 9.75. The molecule has 17 nitrogen and oxygen atoms in total. The molecule has 0 amide bonds. The Balaban J connectivity index is 5.21. The number of aliphatic hydroxyl groups excluding tert-OH is 1. The van der Waals surface area contributed by atoms with Gasteiger partial charge in [-0.05, 0) is 37.5 Å². The quantitative estimate of drug-likeness (QED) is 0.0222. The molecule has 19 heteroatoms. The van der Waals surface area contributed by atoms with Gasteiger partial charge in [-0.25, -0.2) is 9.13 Å². The standard InChI is InChI=1S/C89H174O17P2/c1-7-10-12-14-16-18-20-21-22-23-24-25-26-30-33-36-42-48-54-60-66-72-87(92)100-78-85(106-88(93)73-67-61-55-49-43-37-34-31-28-27-29-32-35-41-46-52-58-64-70-82(6)9-3)80-104-108(97,98)102-76-83(90)75-101-107(95,96)103-79-84(77-99-86(91)71-65-59-53-47-19-17-15-13-11-8-2)105-89(94)74-68-62-56-50-44-39-38-40-45-51-57-63-69-81(4)5/h81-85,90H,7-80H2,1-6H3,(H,95,96)(H,97,98)/t82?,83-,84+,85+/m0/s1. The summed E-state index contributed by atoms with van der Waals surface area (Å²) < 4.78 is 69.0. The lowest BCUT2D eigenvalue weighted by Gasteiger charge is -2.21. The lowest BCUT2D eigenvalue weighted by molar-refractivity contribution is -0.161. The van der Waals surface area contributed by atoms with Crippen LogP contribution >= 0.6 is 15.6 Å². The van der Waals surface area contributed by atoms with Crippen molar-refractivity contribution < 1.29 is 80.2 Å². The van der Waals surface area contributed by atoms with E-state index in [-0.39, 0.29) is 25.7 Å². The van der Waals surface area contributed by atoms with Crippen LogP contribution in [0.3, 0.4) is 0 Å². The van der Waals surface area contributed by atoms with Gasteiger partial charge in [0, 0.05) is 25.7 Å². The Bertz CT molecular complexity index is 2070. The van der Waals surface area contributed by atoms with Crippen LogP contribution < -0.4 is 0 Å². The first-order valence-corrected chi connectivity index (χ1v) is 49.0. The van der Waals surface area contributed by atoms with Crippen molar-refractivity contribution >= 4 is 39.5 Å². The molecule has 0 aromatic heterocycles. The van der Waals surface area contributed by atoms with Crippen LogP contribution in [0.2, 0.25) is 0 Å². The maximum absolute atomic E-state index is 13.2. The van der Waals surface area contributed by atoms with E-state index in [2.05, 4.69) is 41.5 Å². The number of rotatable bonds is 88. The van der Waals surface area contributed by atoms with Crippen LogP contribution in [0.1, 0.15) is 478 Å². The van der Waals surface area contributed by atoms with Crippen LogP contribution in [0, 0.1) is 11.8 Å². The van der Waals surface area contributed by atoms with Gasteiger partial charge in [0.15, 0.2) is 12.2 Å². The molecule has 3 unspecified atom stereocenters. The first-order chi connectivity index (χ1) is 52.4. The first kappa shape index (κ1) is 106. The Morgan fingerprint density at radius 2 is 0.472 bits per heavy atom. The number of carbonyl (C=O) groups is 4. The van der Waals surface area contributed by atoms with Crippen molar-refractivity contribution in [2.45, 2.75) is 496 Å². The molecule has 0 aliphatic rings. The highest BCUT2D eigenvalue weighted by Gasteiger charge is 2.31. The summed E-state index contributed by atoms with van der Waals surface area (Å²) in [5.41, 5.74) is 0. The second-order valence-electron chi connectivity index (χ2n) is 32.7. The summed E-state index contributed by atoms with van der Waals surface area (Å²) in [6.07, 6.45) is 73.7. The van der Waals surface area contributed by atoms with Crippen LogP contribution in [-0.4, -0.2) is 96.7 Å². The molecule has 0 heterocycles. The van der Waals surface area contributed by atoms with Gasteiger partial charge in [0.25, 0.3) is 0 Å². The number of unbranched alkanes of at least 4 members (excludes halogenated alkanes) is 57. The Morgan fingerprint density at radius 1 is 0.269 bits per heavy atom. The molecule has 0 fully saturated rings. The number of carbonyl (C=O) groups excluding carboxylic acids is 4. The largest absolute Gasteiger partial charge is 0.472 e. The molecule has 0 saturated heterocycles. The molecule has 0 spiro atoms. The fraction of sp³-hybridized carbons (Fsp3) is 0.955. The molecule has 108 heavy (non-hydrogen) atoms. The summed E-state index contributed by atoms with van der Waals surface area (Å²) >= 11 is 0. The van der Waals surface area contributed by atoms with Gasteiger partial charge in [0.05, 0.1) is 26.4 Å². The van der Waals surface area contributed by atoms with Crippen molar-refractivity contribution in [1.29, 1.82) is 0 Å². The summed E-state index contributed by atoms with van der Waals surface area (Å²) in [6, 6.07) is 0. The van der Waals surface area contributed by atoms with Gasteiger partial charge >= 0.3 is 39.5 Å². The minimum absolute atomic E-state index is 0.107. The Kier molecular flexibility index (Phi) is 78.8. The molecule has 0 radical (unpaired) electrons. The number of aliphatic hydroxyl groups is 1. The summed E-state index contributed by atoms with van der Waals surface area (Å²) in [7, 11) is -9.93. The van der Waals surface area contributed by atoms with Crippen molar-refractivity contribution in [3.8, 4) is 0 Å². The number of esters is 4. The third kappa shape index (κ3) is 80.7. The average molecular weight is 1580 g/mol. The Morgan fingerprint density at radius 3 is 0.704 bits per heavy atom. The smallest absolute Gasteiger partial charge is 0.462 e. The van der Waals surface area contributed by atoms with Gasteiger partial charge < -0.3 is 33.8 Å². The molecule has 0 aromatic carbocycles. The Hall–Kier alpha value is -1.94. The number of hydrogen-bond donors (Lipinski definition) is 3. The summed E-state index contributed by atoms with van der Waals surface area (Å²) in [5.74, 6) is -0.452. The minimum Gasteiger partial charge on any atom is -0.462 e. The van der Waals surface area contributed by atoms with Crippen molar-refractivity contribution in [2.24, 2.45) is 11.8 Å². The average Bonchev–Trinajstić information content (AvgIpc) is 0.898. The van der Waals surface area contributed by atoms with Gasteiger partial charge in [-0.1, -0.05) is 427 Å². The SMILES string of the molecule is CCCCCCCCCCCCCCCCCCCCCCCC(=O)OC[C@H](COP(=O)(O)OC[C@@H](O)COP(=O)(O)OC[C@@H](COC(=O)CCCCCCCCCCCC)OC(=O)CCCCCCCCCCCCCCC(C)C)OC(=O)CCCCCCCCCCCCCCCCCCCCC(C)CC. The lowest BCUT2D eigenvalue weighted by Crippen LogP contribution is -2.30. The van der Waals surface area contributed by atoms with Gasteiger partial charge in [-0.2, -0.15) is 0 Å². The predicted molar refractivity (Wildman–Crippen MR) is 446 cm³/mol. The van der Waals surface area contributed by atoms with Crippen LogP contribution in [0.15, 0.2) is 0 Å². The zero-order valence-electron chi connectivity index (χ0n) is 71.2. The normalized spacial score (nSPS) is 14.0. The maximum Gasteiger partial charge on any atom is 0.472 e. The van der Waals surface area contributed by atoms with E-state index in [1.807, 2.05) is 0 Å². The van der Waals surface area contributed by atoms with Gasteiger partial charge in [-0.15, -0.1) is 0 Å². The lowest BCUT2D eigenvalue weighted by atomic mass is 9.99. The van der Waals surface area contributed by atoms with Gasteiger partial charge in [0.2, 0.25) is 0 Å². The van der Waals surface area contributed by atoms with E-state index in [4.69, 9.17) is 37.0 Å². The van der Waals surface area contributed by atoms with Crippen LogP contribution in [0.4, 0.5) is 0 Å². The molecule has 0 rings (SSSR count). The highest BCUT2D eigenvalue weighted by molar-refractivity contribution is 7.47. The van der Waals surface area contributed by atoms with Crippen LogP contribution in [-0.2, 0) is 65.4 Å². The van der Waals surface area contributed by atoms with E-state index in [1.54, 1.807) is 0 Å². The zero-order valence-corrected chi connectivity index (χ0v) is 73.0. The van der Waals surface area contributed by atoms with E-state index in [0.717, 1.165) is 102 Å². The molecule has 0 aliphatic carbocycles. The second-order valence-corrected chi connectivity index (χ2v) is 35.6. The third-order valence-electron chi connectivity index (χ3n) is 21.3. The van der Waals surface area contributed by atoms with E-state index in [0.29, 0.717) is 25.7 Å². The van der Waals surface area contributed by atoms with E-state index in [9.17, 15) is 43.2 Å². The number of phosphoric acid groups is 2. The monoisotopic (exact) mass is 1580 g/mol. The first-order valence-electron chi connectivity index (χ1n) is 46.0. The molecule has 0 aliphatic heterocycles. The molecular formula is C89H174O17P2. The van der Waals surface area contributed by atoms with E-state index >= 15 is 0 Å². The molecule has 0 saturated carbocycles. The number of ether oxygens (including phenoxy) is 4.